The molecule has 6 rings (SSSR count). The average molecular weight is 587 g/mol. The normalized spacial score (nSPS) is 14.4. The standard InChI is InChI=1S/C34H33F3N4O2/c1-3-18-41-31(30(21-8-5-4-6-9-21)26-14-17-29(33(42)43)39-32(26)41)25-13-16-28-24(20(25)2)12-15-27(38-28)22-10-7-11-23(19-22)40-34(35,36)37/h7,10-17,19,21,40H,3-6,8-9,18H2,1-2H3,(H,42,43). The van der Waals surface area contributed by atoms with Gasteiger partial charge in [0, 0.05) is 34.1 Å². The number of carboxylic acid groups (broad SMARTS) is 1. The molecule has 0 spiro atoms. The van der Waals surface area contributed by atoms with E-state index in [1.165, 1.54) is 24.1 Å². The number of nitrogens with zero attached hydrogens (tertiary/aromatic N) is 3. The topological polar surface area (TPSA) is 80.0 Å². The summed E-state index contributed by atoms with van der Waals surface area (Å²) in [7, 11) is 0. The van der Waals surface area contributed by atoms with Gasteiger partial charge in [-0.05, 0) is 79.6 Å². The SMILES string of the molecule is CCCn1c(-c2ccc3nc(-c4cccc(NC(F)(F)F)c4)ccc3c2C)c(C2CCCCC2)c2ccc(C(=O)O)nc21. The quantitative estimate of drug-likeness (QED) is 0.186. The first-order valence-electron chi connectivity index (χ1n) is 14.8. The summed E-state index contributed by atoms with van der Waals surface area (Å²) in [6.07, 6.45) is 2.04. The lowest BCUT2D eigenvalue weighted by Crippen LogP contribution is -2.20. The largest absolute Gasteiger partial charge is 0.482 e. The van der Waals surface area contributed by atoms with Gasteiger partial charge in [0.2, 0.25) is 0 Å². The molecule has 1 aliphatic rings. The first kappa shape index (κ1) is 28.7. The molecule has 0 bridgehead atoms. The van der Waals surface area contributed by atoms with E-state index in [4.69, 9.17) is 4.98 Å². The highest BCUT2D eigenvalue weighted by atomic mass is 19.4. The number of fused-ring (bicyclic) bond motifs is 2. The molecule has 9 heteroatoms. The number of nitrogens with one attached hydrogen (secondary N) is 1. The van der Waals surface area contributed by atoms with Crippen LogP contribution in [-0.4, -0.2) is 31.9 Å². The van der Waals surface area contributed by atoms with Gasteiger partial charge < -0.3 is 9.67 Å². The summed E-state index contributed by atoms with van der Waals surface area (Å²) in [5.41, 5.74) is 7.04. The zero-order chi connectivity index (χ0) is 30.3. The van der Waals surface area contributed by atoms with Crippen molar-refractivity contribution in [3.63, 3.8) is 0 Å². The van der Waals surface area contributed by atoms with Crippen molar-refractivity contribution in [2.75, 3.05) is 5.32 Å². The van der Waals surface area contributed by atoms with E-state index in [0.717, 1.165) is 65.2 Å². The van der Waals surface area contributed by atoms with E-state index in [1.54, 1.807) is 23.5 Å². The molecule has 3 aromatic heterocycles. The van der Waals surface area contributed by atoms with Gasteiger partial charge in [0.05, 0.1) is 16.9 Å². The number of rotatable bonds is 7. The van der Waals surface area contributed by atoms with Crippen molar-refractivity contribution >= 4 is 33.6 Å². The summed E-state index contributed by atoms with van der Waals surface area (Å²) in [6, 6.07) is 17.5. The molecule has 0 unspecified atom stereocenters. The highest BCUT2D eigenvalue weighted by Crippen LogP contribution is 2.45. The van der Waals surface area contributed by atoms with E-state index < -0.39 is 12.3 Å². The van der Waals surface area contributed by atoms with Gasteiger partial charge in [-0.3, -0.25) is 5.32 Å². The van der Waals surface area contributed by atoms with Crippen LogP contribution in [0, 0.1) is 6.92 Å². The third kappa shape index (κ3) is 5.56. The number of benzene rings is 2. The van der Waals surface area contributed by atoms with E-state index in [0.29, 0.717) is 29.4 Å². The minimum absolute atomic E-state index is 0.0329. The van der Waals surface area contributed by atoms with Crippen LogP contribution in [0.4, 0.5) is 18.9 Å². The zero-order valence-corrected chi connectivity index (χ0v) is 24.1. The van der Waals surface area contributed by atoms with Gasteiger partial charge in [0.1, 0.15) is 5.65 Å². The molecule has 0 saturated heterocycles. The van der Waals surface area contributed by atoms with Gasteiger partial charge in [-0.25, -0.2) is 14.8 Å². The van der Waals surface area contributed by atoms with E-state index in [-0.39, 0.29) is 11.4 Å². The lowest BCUT2D eigenvalue weighted by molar-refractivity contribution is -0.0999. The fourth-order valence-electron chi connectivity index (χ4n) is 6.59. The molecule has 1 aliphatic carbocycles. The monoisotopic (exact) mass is 586 g/mol. The van der Waals surface area contributed by atoms with Gasteiger partial charge in [-0.1, -0.05) is 50.5 Å². The third-order valence-electron chi connectivity index (χ3n) is 8.47. The second-order valence-electron chi connectivity index (χ2n) is 11.3. The number of carbonyl (C=O) groups is 1. The van der Waals surface area contributed by atoms with Crippen LogP contribution in [0.15, 0.2) is 60.7 Å². The third-order valence-corrected chi connectivity index (χ3v) is 8.47. The van der Waals surface area contributed by atoms with Crippen molar-refractivity contribution < 1.29 is 23.1 Å². The fraction of sp³-hybridized carbons (Fsp3) is 0.324. The number of aryl methyl sites for hydroxylation is 2. The van der Waals surface area contributed by atoms with Crippen molar-refractivity contribution in [1.82, 2.24) is 14.5 Å². The molecule has 0 aliphatic heterocycles. The molecule has 6 nitrogen and oxygen atoms in total. The summed E-state index contributed by atoms with van der Waals surface area (Å²) in [5, 5.41) is 13.2. The zero-order valence-electron chi connectivity index (χ0n) is 24.1. The van der Waals surface area contributed by atoms with E-state index in [9.17, 15) is 23.1 Å². The number of halogens is 3. The Kier molecular flexibility index (Phi) is 7.58. The van der Waals surface area contributed by atoms with Crippen LogP contribution in [0.25, 0.3) is 44.5 Å². The summed E-state index contributed by atoms with van der Waals surface area (Å²) in [4.78, 5) is 21.3. The Balaban J connectivity index is 1.51. The maximum atomic E-state index is 12.9. The summed E-state index contributed by atoms with van der Waals surface area (Å²) in [6.45, 7) is 4.88. The molecule has 222 valence electrons. The van der Waals surface area contributed by atoms with Crippen LogP contribution >= 0.6 is 0 Å². The van der Waals surface area contributed by atoms with Gasteiger partial charge in [-0.15, -0.1) is 0 Å². The predicted molar refractivity (Wildman–Crippen MR) is 163 cm³/mol. The van der Waals surface area contributed by atoms with Gasteiger partial charge in [-0.2, -0.15) is 13.2 Å². The molecule has 5 aromatic rings. The number of aromatic carboxylic acids is 1. The number of anilines is 1. The van der Waals surface area contributed by atoms with Crippen LogP contribution in [0.1, 0.15) is 73.0 Å². The minimum Gasteiger partial charge on any atom is -0.477 e. The fourth-order valence-corrected chi connectivity index (χ4v) is 6.59. The van der Waals surface area contributed by atoms with E-state index in [1.807, 2.05) is 24.3 Å². The number of aromatic nitrogens is 3. The maximum Gasteiger partial charge on any atom is 0.482 e. The molecule has 3 heterocycles. The molecular weight excluding hydrogens is 553 g/mol. The van der Waals surface area contributed by atoms with Crippen molar-refractivity contribution in [1.29, 1.82) is 0 Å². The van der Waals surface area contributed by atoms with Crippen LogP contribution in [-0.2, 0) is 6.54 Å². The first-order chi connectivity index (χ1) is 20.6. The minimum atomic E-state index is -4.52. The van der Waals surface area contributed by atoms with Crippen LogP contribution in [0.5, 0.6) is 0 Å². The number of carboxylic acids is 1. The molecule has 0 radical (unpaired) electrons. The number of pyridine rings is 2. The Morgan fingerprint density at radius 1 is 1.00 bits per heavy atom. The predicted octanol–water partition coefficient (Wildman–Crippen LogP) is 9.31. The highest BCUT2D eigenvalue weighted by molar-refractivity contribution is 5.97. The first-order valence-corrected chi connectivity index (χ1v) is 14.8. The van der Waals surface area contributed by atoms with Crippen molar-refractivity contribution in [2.45, 2.75) is 71.1 Å². The Morgan fingerprint density at radius 2 is 1.77 bits per heavy atom. The van der Waals surface area contributed by atoms with Crippen LogP contribution < -0.4 is 5.32 Å². The molecule has 1 fully saturated rings. The number of hydrogen-bond donors (Lipinski definition) is 2. The Morgan fingerprint density at radius 3 is 2.49 bits per heavy atom. The molecule has 2 N–H and O–H groups in total. The summed E-state index contributed by atoms with van der Waals surface area (Å²) < 4.78 is 40.9. The lowest BCUT2D eigenvalue weighted by Gasteiger charge is -2.24. The highest BCUT2D eigenvalue weighted by Gasteiger charge is 2.29. The Hall–Kier alpha value is -4.40. The molecule has 0 atom stereocenters. The molecule has 43 heavy (non-hydrogen) atoms. The Bertz CT molecular complexity index is 1840. The van der Waals surface area contributed by atoms with Gasteiger partial charge in [0.15, 0.2) is 5.69 Å². The van der Waals surface area contributed by atoms with Gasteiger partial charge in [0.25, 0.3) is 0 Å². The summed E-state index contributed by atoms with van der Waals surface area (Å²) in [5.74, 6) is -0.689. The number of alkyl halides is 3. The molecule has 0 amide bonds. The van der Waals surface area contributed by atoms with E-state index >= 15 is 0 Å². The van der Waals surface area contributed by atoms with Crippen molar-refractivity contribution in [3.8, 4) is 22.5 Å². The smallest absolute Gasteiger partial charge is 0.477 e. The molecular formula is C34H33F3N4O2. The molecule has 2 aromatic carbocycles. The van der Waals surface area contributed by atoms with Gasteiger partial charge >= 0.3 is 12.3 Å². The second-order valence-corrected chi connectivity index (χ2v) is 11.3. The van der Waals surface area contributed by atoms with E-state index in [2.05, 4.69) is 29.5 Å². The van der Waals surface area contributed by atoms with Crippen molar-refractivity contribution in [3.05, 3.63) is 77.5 Å². The maximum absolute atomic E-state index is 12.9. The Labute approximate surface area is 247 Å². The van der Waals surface area contributed by atoms with Crippen LogP contribution in [0.3, 0.4) is 0 Å². The number of hydrogen-bond acceptors (Lipinski definition) is 4. The second kappa shape index (κ2) is 11.4. The molecule has 1 saturated carbocycles. The average Bonchev–Trinajstić information content (AvgIpc) is 3.30. The lowest BCUT2D eigenvalue weighted by atomic mass is 9.81. The van der Waals surface area contributed by atoms with Crippen LogP contribution in [0.2, 0.25) is 0 Å². The summed E-state index contributed by atoms with van der Waals surface area (Å²) >= 11 is 0. The van der Waals surface area contributed by atoms with Crippen molar-refractivity contribution in [2.24, 2.45) is 0 Å².